The number of likely N-dealkylation sites (tertiary alicyclic amines) is 1. The number of nitrogens with zero attached hydrogens (tertiary/aromatic N) is 2. The molecule has 1 aromatic rings. The number of nitrogens with one attached hydrogen (secondary N) is 1. The number of oxazole rings is 1. The van der Waals surface area contributed by atoms with E-state index < -0.39 is 12.1 Å². The first-order chi connectivity index (χ1) is 10.9. The van der Waals surface area contributed by atoms with Crippen molar-refractivity contribution >= 4 is 12.0 Å². The van der Waals surface area contributed by atoms with Gasteiger partial charge in [-0.2, -0.15) is 4.98 Å². The minimum atomic E-state index is -1.12. The van der Waals surface area contributed by atoms with Crippen LogP contribution in [0.3, 0.4) is 0 Å². The Balaban J connectivity index is 1.70. The molecule has 0 aromatic carbocycles. The van der Waals surface area contributed by atoms with Crippen molar-refractivity contribution in [1.82, 2.24) is 9.88 Å². The van der Waals surface area contributed by atoms with Crippen molar-refractivity contribution in [3.8, 4) is 0 Å². The second-order valence-electron chi connectivity index (χ2n) is 7.18. The molecule has 23 heavy (non-hydrogen) atoms. The van der Waals surface area contributed by atoms with Gasteiger partial charge in [0.15, 0.2) is 5.69 Å². The fourth-order valence-electron chi connectivity index (χ4n) is 4.64. The minimum Gasteiger partial charge on any atom is -0.476 e. The summed E-state index contributed by atoms with van der Waals surface area (Å²) >= 11 is 0. The molecule has 3 N–H and O–H groups in total. The lowest BCUT2D eigenvalue weighted by atomic mass is 9.65. The molecule has 0 amide bonds. The van der Waals surface area contributed by atoms with Crippen LogP contribution < -0.4 is 5.32 Å². The Kier molecular flexibility index (Phi) is 4.10. The Morgan fingerprint density at radius 1 is 1.57 bits per heavy atom. The molecule has 0 bridgehead atoms. The van der Waals surface area contributed by atoms with E-state index in [1.807, 2.05) is 0 Å². The van der Waals surface area contributed by atoms with Crippen molar-refractivity contribution in [2.75, 3.05) is 18.4 Å². The lowest BCUT2D eigenvalue weighted by molar-refractivity contribution is -0.0961. The van der Waals surface area contributed by atoms with Gasteiger partial charge in [-0.25, -0.2) is 4.79 Å². The zero-order chi connectivity index (χ0) is 16.8. The fourth-order valence-corrected chi connectivity index (χ4v) is 4.64. The highest BCUT2D eigenvalue weighted by molar-refractivity contribution is 5.85. The SMILES string of the molecule is CCN1CC2(C[C@@H](O)[C@H](Nc3nc(C(=O)O)co3)C2)C1C(C)C. The Hall–Kier alpha value is -1.60. The van der Waals surface area contributed by atoms with Gasteiger partial charge in [0.25, 0.3) is 6.01 Å². The topological polar surface area (TPSA) is 98.8 Å². The normalized spacial score (nSPS) is 34.0. The van der Waals surface area contributed by atoms with Gasteiger partial charge < -0.3 is 19.9 Å². The highest BCUT2D eigenvalue weighted by atomic mass is 16.4. The first-order valence-corrected chi connectivity index (χ1v) is 8.24. The van der Waals surface area contributed by atoms with Gasteiger partial charge in [0, 0.05) is 18.0 Å². The van der Waals surface area contributed by atoms with Crippen LogP contribution in [-0.4, -0.2) is 57.3 Å². The first-order valence-electron chi connectivity index (χ1n) is 8.24. The summed E-state index contributed by atoms with van der Waals surface area (Å²) in [5.41, 5.74) is -0.000659. The molecular weight excluding hydrogens is 298 g/mol. The van der Waals surface area contributed by atoms with Crippen LogP contribution in [0.15, 0.2) is 10.7 Å². The molecule has 1 saturated carbocycles. The molecule has 128 valence electrons. The Morgan fingerprint density at radius 2 is 2.30 bits per heavy atom. The van der Waals surface area contributed by atoms with Crippen molar-refractivity contribution in [2.45, 2.75) is 51.8 Å². The van der Waals surface area contributed by atoms with Crippen LogP contribution in [0.2, 0.25) is 0 Å². The molecule has 1 aliphatic carbocycles. The van der Waals surface area contributed by atoms with Crippen LogP contribution in [0.25, 0.3) is 0 Å². The maximum Gasteiger partial charge on any atom is 0.357 e. The Bertz CT molecular complexity index is 588. The molecule has 2 fully saturated rings. The fraction of sp³-hybridized carbons (Fsp3) is 0.750. The summed E-state index contributed by atoms with van der Waals surface area (Å²) in [7, 11) is 0. The van der Waals surface area contributed by atoms with Gasteiger partial charge in [0.1, 0.15) is 6.26 Å². The summed E-state index contributed by atoms with van der Waals surface area (Å²) < 4.78 is 5.15. The van der Waals surface area contributed by atoms with E-state index in [4.69, 9.17) is 9.52 Å². The molecule has 1 saturated heterocycles. The molecule has 4 atom stereocenters. The molecule has 7 heteroatoms. The minimum absolute atomic E-state index is 0.128. The largest absolute Gasteiger partial charge is 0.476 e. The molecular formula is C16H25N3O4. The molecule has 0 radical (unpaired) electrons. The number of aromatic nitrogens is 1. The second-order valence-corrected chi connectivity index (χ2v) is 7.18. The standard InChI is InChI=1S/C16H25N3O4/c1-4-19-8-16(13(19)9(2)3)5-10(12(20)6-16)17-15-18-11(7-23-15)14(21)22/h7,9-10,12-13,20H,4-6,8H2,1-3H3,(H,17,18)(H,21,22)/t10-,12-,13?,16?/m1/s1. The highest BCUT2D eigenvalue weighted by Gasteiger charge is 2.58. The summed E-state index contributed by atoms with van der Waals surface area (Å²) in [5.74, 6) is -0.585. The van der Waals surface area contributed by atoms with Crippen LogP contribution in [0, 0.1) is 11.3 Å². The van der Waals surface area contributed by atoms with Gasteiger partial charge in [-0.15, -0.1) is 0 Å². The zero-order valence-electron chi connectivity index (χ0n) is 13.8. The van der Waals surface area contributed by atoms with Crippen LogP contribution >= 0.6 is 0 Å². The number of anilines is 1. The van der Waals surface area contributed by atoms with Crippen molar-refractivity contribution in [1.29, 1.82) is 0 Å². The number of aliphatic hydroxyl groups is 1. The van der Waals surface area contributed by atoms with E-state index >= 15 is 0 Å². The highest BCUT2D eigenvalue weighted by Crippen LogP contribution is 2.53. The molecule has 2 heterocycles. The van der Waals surface area contributed by atoms with E-state index in [1.165, 1.54) is 0 Å². The second kappa shape index (κ2) is 5.79. The lowest BCUT2D eigenvalue weighted by Gasteiger charge is -2.58. The van der Waals surface area contributed by atoms with E-state index in [0.29, 0.717) is 12.0 Å². The van der Waals surface area contributed by atoms with Crippen LogP contribution in [0.5, 0.6) is 0 Å². The summed E-state index contributed by atoms with van der Waals surface area (Å²) in [6.07, 6.45) is 2.24. The number of carbonyl (C=O) groups is 1. The Morgan fingerprint density at radius 3 is 2.87 bits per heavy atom. The summed E-state index contributed by atoms with van der Waals surface area (Å²) in [4.78, 5) is 17.2. The third-order valence-corrected chi connectivity index (χ3v) is 5.32. The van der Waals surface area contributed by atoms with E-state index in [2.05, 4.69) is 36.0 Å². The third-order valence-electron chi connectivity index (χ3n) is 5.32. The predicted molar refractivity (Wildman–Crippen MR) is 84.4 cm³/mol. The maximum absolute atomic E-state index is 10.9. The first kappa shape index (κ1) is 16.3. The van der Waals surface area contributed by atoms with Crippen LogP contribution in [0.4, 0.5) is 6.01 Å². The smallest absolute Gasteiger partial charge is 0.357 e. The quantitative estimate of drug-likeness (QED) is 0.758. The summed E-state index contributed by atoms with van der Waals surface area (Å²) in [5, 5.41) is 22.4. The zero-order valence-corrected chi connectivity index (χ0v) is 13.8. The number of rotatable bonds is 5. The molecule has 1 spiro atoms. The third kappa shape index (κ3) is 2.72. The van der Waals surface area contributed by atoms with E-state index in [1.54, 1.807) is 0 Å². The monoisotopic (exact) mass is 323 g/mol. The van der Waals surface area contributed by atoms with Gasteiger partial charge in [-0.3, -0.25) is 4.90 Å². The van der Waals surface area contributed by atoms with Crippen molar-refractivity contribution in [3.05, 3.63) is 12.0 Å². The van der Waals surface area contributed by atoms with E-state index in [0.717, 1.165) is 32.2 Å². The van der Waals surface area contributed by atoms with Crippen molar-refractivity contribution in [2.24, 2.45) is 11.3 Å². The molecule has 3 rings (SSSR count). The van der Waals surface area contributed by atoms with E-state index in [-0.39, 0.29) is 23.2 Å². The lowest BCUT2D eigenvalue weighted by Crippen LogP contribution is -2.65. The predicted octanol–water partition coefficient (Wildman–Crippen LogP) is 1.65. The van der Waals surface area contributed by atoms with Crippen LogP contribution in [-0.2, 0) is 0 Å². The molecule has 7 nitrogen and oxygen atoms in total. The average molecular weight is 323 g/mol. The average Bonchev–Trinajstić information content (AvgIpc) is 3.03. The summed E-state index contributed by atoms with van der Waals surface area (Å²) in [6.45, 7) is 8.67. The van der Waals surface area contributed by atoms with Gasteiger partial charge >= 0.3 is 5.97 Å². The van der Waals surface area contributed by atoms with Crippen LogP contribution in [0.1, 0.15) is 44.1 Å². The number of aromatic carboxylic acids is 1. The number of aliphatic hydroxyl groups excluding tert-OH is 1. The number of carboxylic acid groups (broad SMARTS) is 1. The molecule has 2 aliphatic rings. The van der Waals surface area contributed by atoms with Crippen molar-refractivity contribution in [3.63, 3.8) is 0 Å². The summed E-state index contributed by atoms with van der Waals surface area (Å²) in [6, 6.07) is 0.486. The van der Waals surface area contributed by atoms with E-state index in [9.17, 15) is 9.90 Å². The Labute approximate surface area is 135 Å². The van der Waals surface area contributed by atoms with Gasteiger partial charge in [0.05, 0.1) is 12.1 Å². The van der Waals surface area contributed by atoms with Gasteiger partial charge in [-0.05, 0) is 25.3 Å². The molecule has 2 unspecified atom stereocenters. The molecule has 1 aliphatic heterocycles. The van der Waals surface area contributed by atoms with Gasteiger partial charge in [-0.1, -0.05) is 20.8 Å². The molecule has 1 aromatic heterocycles. The van der Waals surface area contributed by atoms with Gasteiger partial charge in [0.2, 0.25) is 0 Å². The number of carboxylic acids is 1. The van der Waals surface area contributed by atoms with Crippen molar-refractivity contribution < 1.29 is 19.4 Å². The maximum atomic E-state index is 10.9. The number of hydrogen-bond acceptors (Lipinski definition) is 6. The number of hydrogen-bond donors (Lipinski definition) is 3.